The molecule has 0 saturated carbocycles. The maximum Gasteiger partial charge on any atom is 0.261 e. The number of amides is 1. The van der Waals surface area contributed by atoms with Crippen LogP contribution in [0.3, 0.4) is 0 Å². The molecular formula is C22H22N2O4S. The van der Waals surface area contributed by atoms with Crippen molar-refractivity contribution in [3.05, 3.63) is 83.4 Å². The van der Waals surface area contributed by atoms with Gasteiger partial charge in [0.25, 0.3) is 15.9 Å². The van der Waals surface area contributed by atoms with Gasteiger partial charge in [-0.05, 0) is 67.9 Å². The highest BCUT2D eigenvalue weighted by atomic mass is 32.2. The molecule has 1 amide bonds. The van der Waals surface area contributed by atoms with Crippen LogP contribution >= 0.6 is 0 Å². The summed E-state index contributed by atoms with van der Waals surface area (Å²) < 4.78 is 33.0. The summed E-state index contributed by atoms with van der Waals surface area (Å²) in [6, 6.07) is 18.4. The van der Waals surface area contributed by atoms with Crippen molar-refractivity contribution in [3.63, 3.8) is 0 Å². The molecule has 0 bridgehead atoms. The smallest absolute Gasteiger partial charge is 0.261 e. The number of methoxy groups -OCH3 is 1. The van der Waals surface area contributed by atoms with Crippen LogP contribution in [0.15, 0.2) is 71.6 Å². The monoisotopic (exact) mass is 410 g/mol. The van der Waals surface area contributed by atoms with Gasteiger partial charge in [0.2, 0.25) is 0 Å². The summed E-state index contributed by atoms with van der Waals surface area (Å²) in [5.41, 5.74) is 2.98. The van der Waals surface area contributed by atoms with Crippen molar-refractivity contribution >= 4 is 27.3 Å². The molecular weight excluding hydrogens is 388 g/mol. The Morgan fingerprint density at radius 3 is 2.17 bits per heavy atom. The Labute approximate surface area is 170 Å². The van der Waals surface area contributed by atoms with Gasteiger partial charge in [-0.2, -0.15) is 0 Å². The van der Waals surface area contributed by atoms with Crippen LogP contribution in [0.1, 0.15) is 21.5 Å². The molecule has 0 aromatic heterocycles. The number of hydrogen-bond donors (Lipinski definition) is 2. The van der Waals surface area contributed by atoms with Crippen molar-refractivity contribution in [1.29, 1.82) is 0 Å². The average Bonchev–Trinajstić information content (AvgIpc) is 2.70. The van der Waals surface area contributed by atoms with Crippen LogP contribution in [0.4, 0.5) is 11.4 Å². The molecule has 0 radical (unpaired) electrons. The number of sulfonamides is 1. The number of ether oxygens (including phenoxy) is 1. The Balaban J connectivity index is 1.81. The van der Waals surface area contributed by atoms with Crippen LogP contribution in [-0.4, -0.2) is 21.4 Å². The second kappa shape index (κ2) is 8.36. The fraction of sp³-hybridized carbons (Fsp3) is 0.136. The minimum atomic E-state index is -3.76. The molecule has 0 heterocycles. The molecule has 2 N–H and O–H groups in total. The summed E-state index contributed by atoms with van der Waals surface area (Å²) in [6.07, 6.45) is 0. The second-order valence-corrected chi connectivity index (χ2v) is 8.31. The van der Waals surface area contributed by atoms with E-state index in [1.54, 1.807) is 74.7 Å². The van der Waals surface area contributed by atoms with Crippen LogP contribution in [0.25, 0.3) is 0 Å². The van der Waals surface area contributed by atoms with Crippen LogP contribution in [0, 0.1) is 13.8 Å². The van der Waals surface area contributed by atoms with Gasteiger partial charge >= 0.3 is 0 Å². The summed E-state index contributed by atoms with van der Waals surface area (Å²) >= 11 is 0. The lowest BCUT2D eigenvalue weighted by Crippen LogP contribution is -2.16. The minimum Gasteiger partial charge on any atom is -0.497 e. The molecule has 3 aromatic carbocycles. The van der Waals surface area contributed by atoms with Crippen molar-refractivity contribution in [2.75, 3.05) is 17.1 Å². The first kappa shape index (κ1) is 20.4. The number of anilines is 2. The molecule has 0 atom stereocenters. The lowest BCUT2D eigenvalue weighted by Gasteiger charge is -2.13. The van der Waals surface area contributed by atoms with E-state index in [0.717, 1.165) is 5.56 Å². The minimum absolute atomic E-state index is 0.163. The highest BCUT2D eigenvalue weighted by molar-refractivity contribution is 7.92. The van der Waals surface area contributed by atoms with Gasteiger partial charge < -0.3 is 10.1 Å². The van der Waals surface area contributed by atoms with Gasteiger partial charge in [0.1, 0.15) is 5.75 Å². The summed E-state index contributed by atoms with van der Waals surface area (Å²) in [6.45, 7) is 3.66. The zero-order chi connectivity index (χ0) is 21.0. The third kappa shape index (κ3) is 4.94. The third-order valence-electron chi connectivity index (χ3n) is 4.42. The molecule has 29 heavy (non-hydrogen) atoms. The number of nitrogens with one attached hydrogen (secondary N) is 2. The topological polar surface area (TPSA) is 84.5 Å². The number of carbonyl (C=O) groups is 1. The Bertz CT molecular complexity index is 1120. The zero-order valence-corrected chi connectivity index (χ0v) is 17.2. The van der Waals surface area contributed by atoms with Gasteiger partial charge in [0.05, 0.1) is 17.7 Å². The molecule has 0 fully saturated rings. The Hall–Kier alpha value is -3.32. The molecule has 0 spiro atoms. The predicted molar refractivity (Wildman–Crippen MR) is 114 cm³/mol. The first-order valence-electron chi connectivity index (χ1n) is 8.94. The van der Waals surface area contributed by atoms with Gasteiger partial charge in [-0.15, -0.1) is 0 Å². The van der Waals surface area contributed by atoms with E-state index in [1.807, 2.05) is 6.92 Å². The van der Waals surface area contributed by atoms with Crippen molar-refractivity contribution in [2.24, 2.45) is 0 Å². The van der Waals surface area contributed by atoms with E-state index >= 15 is 0 Å². The Morgan fingerprint density at radius 2 is 1.55 bits per heavy atom. The van der Waals surface area contributed by atoms with Crippen molar-refractivity contribution in [2.45, 2.75) is 18.7 Å². The number of rotatable bonds is 6. The fourth-order valence-electron chi connectivity index (χ4n) is 2.67. The number of hydrogen-bond acceptors (Lipinski definition) is 4. The van der Waals surface area contributed by atoms with E-state index in [0.29, 0.717) is 28.3 Å². The summed E-state index contributed by atoms with van der Waals surface area (Å²) in [5.74, 6) is 0.345. The molecule has 3 rings (SSSR count). The maximum absolute atomic E-state index is 12.7. The molecule has 0 aliphatic rings. The Morgan fingerprint density at radius 1 is 0.897 bits per heavy atom. The summed E-state index contributed by atoms with van der Waals surface area (Å²) in [4.78, 5) is 12.7. The highest BCUT2D eigenvalue weighted by Gasteiger charge is 2.16. The van der Waals surface area contributed by atoms with Gasteiger partial charge in [0.15, 0.2) is 0 Å². The number of carbonyl (C=O) groups excluding carboxylic acids is 1. The van der Waals surface area contributed by atoms with E-state index in [1.165, 1.54) is 6.07 Å². The number of aryl methyl sites for hydroxylation is 2. The first-order chi connectivity index (χ1) is 13.8. The largest absolute Gasteiger partial charge is 0.497 e. The van der Waals surface area contributed by atoms with Crippen molar-refractivity contribution in [1.82, 2.24) is 0 Å². The van der Waals surface area contributed by atoms with E-state index in [9.17, 15) is 13.2 Å². The third-order valence-corrected chi connectivity index (χ3v) is 5.80. The maximum atomic E-state index is 12.7. The number of benzene rings is 3. The summed E-state index contributed by atoms with van der Waals surface area (Å²) in [7, 11) is -2.19. The Kier molecular flexibility index (Phi) is 5.89. The highest BCUT2D eigenvalue weighted by Crippen LogP contribution is 2.23. The van der Waals surface area contributed by atoms with Crippen molar-refractivity contribution < 1.29 is 17.9 Å². The second-order valence-electron chi connectivity index (χ2n) is 6.63. The van der Waals surface area contributed by atoms with Crippen LogP contribution < -0.4 is 14.8 Å². The lowest BCUT2D eigenvalue weighted by molar-refractivity contribution is 0.102. The van der Waals surface area contributed by atoms with Gasteiger partial charge in [-0.3, -0.25) is 9.52 Å². The van der Waals surface area contributed by atoms with E-state index < -0.39 is 10.0 Å². The lowest BCUT2D eigenvalue weighted by atomic mass is 10.1. The summed E-state index contributed by atoms with van der Waals surface area (Å²) in [5, 5.41) is 2.79. The molecule has 0 saturated heterocycles. The molecule has 0 unspecified atom stereocenters. The fourth-order valence-corrected chi connectivity index (χ4v) is 3.79. The van der Waals surface area contributed by atoms with Gasteiger partial charge in [-0.1, -0.05) is 23.8 Å². The van der Waals surface area contributed by atoms with Crippen molar-refractivity contribution in [3.8, 4) is 5.75 Å². The molecule has 7 heteroatoms. The molecule has 150 valence electrons. The van der Waals surface area contributed by atoms with Crippen LogP contribution in [-0.2, 0) is 10.0 Å². The molecule has 6 nitrogen and oxygen atoms in total. The normalized spacial score (nSPS) is 11.0. The van der Waals surface area contributed by atoms with Gasteiger partial charge in [-0.25, -0.2) is 8.42 Å². The van der Waals surface area contributed by atoms with E-state index in [4.69, 9.17) is 4.74 Å². The van der Waals surface area contributed by atoms with Crippen LogP contribution in [0.2, 0.25) is 0 Å². The molecule has 0 aliphatic carbocycles. The predicted octanol–water partition coefficient (Wildman–Crippen LogP) is 4.37. The van der Waals surface area contributed by atoms with Crippen LogP contribution in [0.5, 0.6) is 5.75 Å². The zero-order valence-electron chi connectivity index (χ0n) is 16.4. The van der Waals surface area contributed by atoms with E-state index in [-0.39, 0.29) is 10.8 Å². The van der Waals surface area contributed by atoms with Gasteiger partial charge in [0, 0.05) is 11.3 Å². The first-order valence-corrected chi connectivity index (χ1v) is 10.4. The molecule has 3 aromatic rings. The standard InChI is InChI=1S/C22H22N2O4S/c1-15-4-12-20(13-5-15)29(26,27)24-21-14-17(7-6-16(21)2)22(25)23-18-8-10-19(28-3)11-9-18/h4-14,24H,1-3H3,(H,23,25). The SMILES string of the molecule is COc1ccc(NC(=O)c2ccc(C)c(NS(=O)(=O)c3ccc(C)cc3)c2)cc1. The van der Waals surface area contributed by atoms with E-state index in [2.05, 4.69) is 10.0 Å². The quantitative estimate of drug-likeness (QED) is 0.632. The average molecular weight is 410 g/mol. The molecule has 0 aliphatic heterocycles.